The van der Waals surface area contributed by atoms with Crippen LogP contribution in [-0.2, 0) is 44.6 Å². The zero-order valence-corrected chi connectivity index (χ0v) is 69.5. The van der Waals surface area contributed by atoms with Crippen LogP contribution in [0.2, 0.25) is 10.3 Å². The van der Waals surface area contributed by atoms with Crippen LogP contribution in [0, 0.1) is 17.9 Å². The highest BCUT2D eigenvalue weighted by Gasteiger charge is 2.32. The van der Waals surface area contributed by atoms with E-state index in [0.717, 1.165) is 93.2 Å². The average molecular weight is 1710 g/mol. The van der Waals surface area contributed by atoms with E-state index < -0.39 is 36.3 Å². The van der Waals surface area contributed by atoms with Crippen LogP contribution < -0.4 is 27.0 Å². The van der Waals surface area contributed by atoms with E-state index in [1.165, 1.54) is 45.3 Å². The first-order valence-corrected chi connectivity index (χ1v) is 42.7. The molecule has 0 bridgehead atoms. The third-order valence-electron chi connectivity index (χ3n) is 23.8. The molecule has 4 saturated heterocycles. The Kier molecular flexibility index (Phi) is 25.0. The molecule has 0 aliphatic carbocycles. The number of rotatable bonds is 13. The van der Waals surface area contributed by atoms with Crippen LogP contribution in [0.4, 0.5) is 4.39 Å². The topological polar surface area (TPSA) is 310 Å². The molecule has 11 heterocycles. The van der Waals surface area contributed by atoms with Crippen molar-refractivity contribution in [2.24, 2.45) is 0 Å². The summed E-state index contributed by atoms with van der Waals surface area (Å²) in [5.74, 6) is -0.567. The Morgan fingerprint density at radius 1 is 0.415 bits per heavy atom. The van der Waals surface area contributed by atoms with Crippen molar-refractivity contribution in [2.75, 3.05) is 59.1 Å². The minimum absolute atomic E-state index is 0.110. The number of benzene rings is 9. The van der Waals surface area contributed by atoms with Crippen molar-refractivity contribution in [1.82, 2.24) is 48.2 Å². The number of aromatic nitrogens is 11. The fraction of sp³-hybridized carbons (Fsp3) is 0.274. The van der Waals surface area contributed by atoms with Crippen LogP contribution in [0.1, 0.15) is 99.9 Å². The van der Waals surface area contributed by atoms with Crippen molar-refractivity contribution in [3.63, 3.8) is 0 Å². The smallest absolute Gasteiger partial charge is 0.261 e. The molecule has 626 valence electrons. The normalized spacial score (nSPS) is 19.2. The molecule has 0 saturated carbocycles. The lowest BCUT2D eigenvalue weighted by Crippen LogP contribution is -2.39. The molecule has 0 radical (unpaired) electrons. The number of halogens is 3. The zero-order valence-electron chi connectivity index (χ0n) is 67.1. The lowest BCUT2D eigenvalue weighted by atomic mass is 9.95. The van der Waals surface area contributed by atoms with E-state index in [-0.39, 0.29) is 78.4 Å². The number of pyridine rings is 3. The maximum absolute atomic E-state index is 14.5. The Balaban J connectivity index is 0.000000116. The van der Waals surface area contributed by atoms with Crippen LogP contribution >= 0.6 is 35.0 Å². The van der Waals surface area contributed by atoms with Gasteiger partial charge in [-0.2, -0.15) is 4.73 Å². The lowest BCUT2D eigenvalue weighted by molar-refractivity contribution is -0.645. The number of thioether (sulfide) groups is 1. The molecule has 4 aliphatic rings. The Hall–Kier alpha value is -11.6. The first-order chi connectivity index (χ1) is 59.8. The van der Waals surface area contributed by atoms with Crippen molar-refractivity contribution >= 4 is 122 Å². The van der Waals surface area contributed by atoms with Crippen molar-refractivity contribution in [3.8, 4) is 0 Å². The summed E-state index contributed by atoms with van der Waals surface area (Å²) in [6.45, 7) is 4.86. The summed E-state index contributed by atoms with van der Waals surface area (Å²) in [7, 11) is 0. The Morgan fingerprint density at radius 2 is 0.756 bits per heavy atom. The highest BCUT2D eigenvalue weighted by molar-refractivity contribution is 7.98. The predicted octanol–water partition coefficient (Wildman–Crippen LogP) is 13.8. The molecule has 4 aliphatic heterocycles. The van der Waals surface area contributed by atoms with Gasteiger partial charge in [0.05, 0.1) is 144 Å². The van der Waals surface area contributed by atoms with Gasteiger partial charge in [0.15, 0.2) is 17.2 Å². The molecular weight excluding hydrogens is 1630 g/mol. The van der Waals surface area contributed by atoms with Crippen molar-refractivity contribution in [1.29, 1.82) is 0 Å². The maximum atomic E-state index is 14.5. The summed E-state index contributed by atoms with van der Waals surface area (Å²) in [5.41, 5.74) is 10.4. The van der Waals surface area contributed by atoms with Gasteiger partial charge in [-0.15, -0.1) is 0 Å². The maximum Gasteiger partial charge on any atom is 0.261 e. The first kappa shape index (κ1) is 83.6. The molecule has 123 heavy (non-hydrogen) atoms. The molecule has 16 aromatic rings. The van der Waals surface area contributed by atoms with E-state index in [1.807, 2.05) is 153 Å². The van der Waals surface area contributed by atoms with E-state index in [4.69, 9.17) is 42.1 Å². The third kappa shape index (κ3) is 17.2. The van der Waals surface area contributed by atoms with Gasteiger partial charge in [-0.1, -0.05) is 162 Å². The van der Waals surface area contributed by atoms with E-state index >= 15 is 0 Å². The van der Waals surface area contributed by atoms with Gasteiger partial charge in [-0.3, -0.25) is 37.4 Å². The molecule has 20 rings (SSSR count). The summed E-state index contributed by atoms with van der Waals surface area (Å²) < 4.78 is 42.8. The highest BCUT2D eigenvalue weighted by atomic mass is 35.5. The van der Waals surface area contributed by atoms with Crippen LogP contribution in [0.3, 0.4) is 0 Å². The molecule has 0 unspecified atom stereocenters. The summed E-state index contributed by atoms with van der Waals surface area (Å²) in [4.78, 5) is 80.1. The Labute approximate surface area is 717 Å². The second kappa shape index (κ2) is 36.8. The van der Waals surface area contributed by atoms with Crippen molar-refractivity contribution in [2.45, 2.75) is 112 Å². The van der Waals surface area contributed by atoms with E-state index in [2.05, 4.69) is 54.2 Å². The quantitative estimate of drug-likeness (QED) is 0.0274. The van der Waals surface area contributed by atoms with Gasteiger partial charge in [0.1, 0.15) is 5.15 Å². The van der Waals surface area contributed by atoms with E-state index in [0.29, 0.717) is 124 Å². The number of nitrogens with zero attached hydrogens (tertiary/aromatic N) is 11. The van der Waals surface area contributed by atoms with Gasteiger partial charge in [0, 0.05) is 84.8 Å². The largest absolute Gasteiger partial charge is 0.618 e. The third-order valence-corrected chi connectivity index (χ3v) is 25.0. The molecule has 24 nitrogen and oxygen atoms in total. The fourth-order valence-electron chi connectivity index (χ4n) is 17.4. The SMILES string of the molecule is CSc1ccc(Cc2cc3c(=O)n([C@H]4CCOC[C@@H]4O)cnc3c3ccccc23)c[n+]1[O-].Cc1cnc(Cl)cc1Cc1cc2c(=O)n([C@H]3CCOC[C@@H]3O)cnc2c2ccccc12.O=c1c2cc(Cc3ccccc3)c3ccccc3c2ncn1[C@H]1CCOC[C@@H]1O.O=c1c2cc(Cc3ccnc(Cl)c3F)c3ccccc3c2ncn1[C@H]1CCOC[C@@H]1O. The number of fused-ring (bicyclic) bond motifs is 12. The number of hydrogen-bond donors (Lipinski definition) is 4. The molecule has 0 amide bonds. The fourth-order valence-corrected chi connectivity index (χ4v) is 18.2. The minimum Gasteiger partial charge on any atom is -0.618 e. The van der Waals surface area contributed by atoms with Gasteiger partial charge in [-0.05, 0) is 160 Å². The van der Waals surface area contributed by atoms with Crippen LogP contribution in [0.25, 0.3) is 86.7 Å². The number of hydrogen-bond acceptors (Lipinski definition) is 20. The number of aliphatic hydroxyl groups excluding tert-OH is 4. The summed E-state index contributed by atoms with van der Waals surface area (Å²) in [5, 5.41) is 64.3. The minimum atomic E-state index is -0.779. The van der Waals surface area contributed by atoms with Gasteiger partial charge < -0.3 is 44.6 Å². The number of aliphatic hydroxyl groups is 4. The predicted molar refractivity (Wildman–Crippen MR) is 474 cm³/mol. The van der Waals surface area contributed by atoms with E-state index in [9.17, 15) is 49.2 Å². The van der Waals surface area contributed by atoms with E-state index in [1.54, 1.807) is 46.3 Å². The molecule has 9 aromatic carbocycles. The number of ether oxygens (including phenoxy) is 4. The van der Waals surface area contributed by atoms with Crippen molar-refractivity contribution < 1.29 is 48.5 Å². The van der Waals surface area contributed by atoms with Crippen LogP contribution in [-0.4, -0.2) is 152 Å². The number of aryl methyl sites for hydroxylation is 1. The molecular formula is C95H86Cl2FN11O13S. The lowest BCUT2D eigenvalue weighted by Gasteiger charge is -2.29. The summed E-state index contributed by atoms with van der Waals surface area (Å²) >= 11 is 13.4. The second-order valence-electron chi connectivity index (χ2n) is 31.3. The molecule has 28 heteroatoms. The molecule has 4 N–H and O–H groups in total. The van der Waals surface area contributed by atoms with Gasteiger partial charge >= 0.3 is 0 Å². The van der Waals surface area contributed by atoms with Crippen LogP contribution in [0.15, 0.2) is 244 Å². The zero-order chi connectivity index (χ0) is 85.1. The monoisotopic (exact) mass is 1710 g/mol. The van der Waals surface area contributed by atoms with Gasteiger partial charge in [-0.25, -0.2) is 34.3 Å². The molecule has 4 fully saturated rings. The molecule has 8 atom stereocenters. The molecule has 7 aromatic heterocycles. The second-order valence-corrected chi connectivity index (χ2v) is 32.9. The Morgan fingerprint density at radius 3 is 1.11 bits per heavy atom. The Bertz CT molecular complexity index is 6810. The van der Waals surface area contributed by atoms with Crippen molar-refractivity contribution in [3.05, 3.63) is 333 Å². The summed E-state index contributed by atoms with van der Waals surface area (Å²) in [6.07, 6.45) is 14.3. The first-order valence-electron chi connectivity index (χ1n) is 40.7. The van der Waals surface area contributed by atoms with Crippen LogP contribution in [0.5, 0.6) is 0 Å². The highest BCUT2D eigenvalue weighted by Crippen LogP contribution is 2.36. The standard InChI is InChI=1S/C24H22ClN3O3.C24H23N3O4S.C24H22N2O3.C23H19ClFN3O3/c1-14-11-26-22(25)10-15(14)8-16-9-19-23(18-5-3-2-4-17(16)18)27-13-28(24(19)30)20-6-7-31-12-21(20)29;1-32-22-7-6-15(12-27(22)30)10-16-11-19-23(18-5-3-2-4-17(16)18)25-14-26(24(19)29)20-8-9-31-13-21(20)28;27-22-14-29-11-10-21(22)26-15-25-23-19-9-5-4-8-18(19)17(13-20(23)24(26)28)12-16-6-2-1-3-7-16;24-22-20(25)13(5-7-26-22)9-14-10-17-21(16-4-2-1-3-15(14)16)27-12-28(23(17)30)18-6-8-31-11-19(18)29/h2-5,9-11,13,20-21,29H,6-8,12H2,1H3;2-7,11-12,14,20-21,28H,8-10,13H2,1H3;1-9,13,15,21-22,27H,10-12,14H2;1-5,7,10,12,18-19,29H,6,8-9,11H2/t2*20-,21-;21-,22-;18-,19-/m0000/s1. The summed E-state index contributed by atoms with van der Waals surface area (Å²) in [6, 6.07) is 55.2. The van der Waals surface area contributed by atoms with Gasteiger partial charge in [0.25, 0.3) is 27.3 Å². The van der Waals surface area contributed by atoms with Gasteiger partial charge in [0.2, 0.25) is 0 Å². The average Bonchev–Trinajstić information content (AvgIpc) is 0.765. The molecule has 0 spiro atoms.